The fourth-order valence-corrected chi connectivity index (χ4v) is 4.37. The molecule has 1 aromatic heterocycles. The van der Waals surface area contributed by atoms with Gasteiger partial charge in [-0.3, -0.25) is 9.59 Å². The number of likely N-dealkylation sites (tertiary alicyclic amines) is 1. The Morgan fingerprint density at radius 3 is 3.00 bits per heavy atom. The number of para-hydroxylation sites is 1. The first kappa shape index (κ1) is 21.0. The van der Waals surface area contributed by atoms with Crippen LogP contribution in [-0.4, -0.2) is 52.9 Å². The Balaban J connectivity index is 1.54. The van der Waals surface area contributed by atoms with Gasteiger partial charge in [-0.2, -0.15) is 0 Å². The smallest absolute Gasteiger partial charge is 0.257 e. The van der Waals surface area contributed by atoms with Crippen molar-refractivity contribution in [1.29, 1.82) is 0 Å². The monoisotopic (exact) mass is 420 g/mol. The minimum atomic E-state index is -0.206. The lowest BCUT2D eigenvalue weighted by atomic mass is 9.76. The number of rotatable bonds is 1. The number of aryl methyl sites for hydroxylation is 1. The molecule has 1 aromatic carbocycles. The third kappa shape index (κ3) is 4.93. The van der Waals surface area contributed by atoms with Crippen LogP contribution in [0.2, 0.25) is 0 Å². The van der Waals surface area contributed by atoms with Crippen LogP contribution < -0.4 is 10.1 Å². The molecule has 2 aliphatic heterocycles. The number of allylic oxidation sites excluding steroid dienone is 2. The van der Waals surface area contributed by atoms with Crippen LogP contribution in [0.1, 0.15) is 40.9 Å². The maximum atomic E-state index is 13.1. The van der Waals surface area contributed by atoms with Gasteiger partial charge >= 0.3 is 0 Å². The van der Waals surface area contributed by atoms with Gasteiger partial charge < -0.3 is 15.0 Å². The highest BCUT2D eigenvalue weighted by Gasteiger charge is 2.37. The lowest BCUT2D eigenvalue weighted by Crippen LogP contribution is -2.51. The van der Waals surface area contributed by atoms with E-state index in [9.17, 15) is 9.59 Å². The molecule has 0 bridgehead atoms. The summed E-state index contributed by atoms with van der Waals surface area (Å²) in [4.78, 5) is 35.7. The molecule has 1 spiro atoms. The zero-order chi connectivity index (χ0) is 21.7. The van der Waals surface area contributed by atoms with Gasteiger partial charge in [0.1, 0.15) is 12.1 Å². The third-order valence-corrected chi connectivity index (χ3v) is 6.14. The molecule has 0 radical (unpaired) electrons. The summed E-state index contributed by atoms with van der Waals surface area (Å²) in [7, 11) is 0. The molecule has 4 rings (SSSR count). The highest BCUT2D eigenvalue weighted by molar-refractivity contribution is 5.95. The molecule has 3 heterocycles. The van der Waals surface area contributed by atoms with Gasteiger partial charge in [0.25, 0.3) is 11.8 Å². The predicted octanol–water partition coefficient (Wildman–Crippen LogP) is 2.71. The Hall–Kier alpha value is -3.22. The van der Waals surface area contributed by atoms with Gasteiger partial charge in [-0.1, -0.05) is 30.4 Å². The summed E-state index contributed by atoms with van der Waals surface area (Å²) < 4.78 is 5.75. The van der Waals surface area contributed by atoms with E-state index in [-0.39, 0.29) is 23.8 Å². The molecule has 2 amide bonds. The first-order valence-corrected chi connectivity index (χ1v) is 10.7. The topological polar surface area (TPSA) is 84.4 Å². The molecule has 1 atom stereocenters. The number of hydrogen-bond acceptors (Lipinski definition) is 5. The number of piperidine rings is 1. The van der Waals surface area contributed by atoms with E-state index in [1.807, 2.05) is 36.1 Å². The summed E-state index contributed by atoms with van der Waals surface area (Å²) in [5, 5.41) is 3.04. The van der Waals surface area contributed by atoms with Gasteiger partial charge in [-0.15, -0.1) is 0 Å². The number of benzene rings is 1. The fourth-order valence-electron chi connectivity index (χ4n) is 4.37. The van der Waals surface area contributed by atoms with Gasteiger partial charge in [0.05, 0.1) is 11.3 Å². The molecule has 7 heteroatoms. The molecular formula is C24H28N4O3. The van der Waals surface area contributed by atoms with Crippen molar-refractivity contribution >= 4 is 11.8 Å². The number of ether oxygens (including phenoxy) is 1. The Kier molecular flexibility index (Phi) is 6.30. The number of amides is 2. The summed E-state index contributed by atoms with van der Waals surface area (Å²) >= 11 is 0. The summed E-state index contributed by atoms with van der Waals surface area (Å²) in [6, 6.07) is 7.80. The van der Waals surface area contributed by atoms with Crippen molar-refractivity contribution in [2.24, 2.45) is 5.41 Å². The fraction of sp³-hybridized carbons (Fsp3) is 0.417. The zero-order valence-corrected chi connectivity index (χ0v) is 17.8. The Bertz CT molecular complexity index is 990. The van der Waals surface area contributed by atoms with Crippen molar-refractivity contribution in [2.45, 2.75) is 32.6 Å². The molecule has 0 unspecified atom stereocenters. The van der Waals surface area contributed by atoms with Crippen LogP contribution in [0.25, 0.3) is 0 Å². The molecule has 2 aliphatic rings. The molecule has 0 aliphatic carbocycles. The average molecular weight is 421 g/mol. The molecule has 1 fully saturated rings. The number of nitrogens with zero attached hydrogens (tertiary/aromatic N) is 3. The van der Waals surface area contributed by atoms with E-state index in [2.05, 4.69) is 27.4 Å². The highest BCUT2D eigenvalue weighted by Crippen LogP contribution is 2.34. The summed E-state index contributed by atoms with van der Waals surface area (Å²) in [6.07, 6.45) is 10.8. The minimum absolute atomic E-state index is 0.0139. The molecule has 2 aromatic rings. The van der Waals surface area contributed by atoms with E-state index in [4.69, 9.17) is 4.74 Å². The maximum absolute atomic E-state index is 13.1. The molecule has 0 saturated carbocycles. The van der Waals surface area contributed by atoms with E-state index in [0.29, 0.717) is 30.9 Å². The molecular weight excluding hydrogens is 392 g/mol. The van der Waals surface area contributed by atoms with Gasteiger partial charge in [0, 0.05) is 31.2 Å². The lowest BCUT2D eigenvalue weighted by Gasteiger charge is -2.43. The van der Waals surface area contributed by atoms with Gasteiger partial charge in [-0.25, -0.2) is 9.97 Å². The normalized spacial score (nSPS) is 23.0. The van der Waals surface area contributed by atoms with Crippen LogP contribution in [0.5, 0.6) is 5.75 Å². The standard InChI is InChI=1S/C24H28N4O3/c1-18-20(13-25-17-27-18)23(30)28-12-6-11-24(16-28)10-5-4-8-19-7-2-3-9-21(19)31-14-22(29)26-15-24/h2-5,7,9,13,17H,6,8,10-12,14-16H2,1H3,(H,26,29)/b5-4+/t24-/m0/s1. The van der Waals surface area contributed by atoms with E-state index < -0.39 is 0 Å². The number of nitrogens with one attached hydrogen (secondary N) is 1. The molecule has 162 valence electrons. The Labute approximate surface area is 182 Å². The Morgan fingerprint density at radius 2 is 2.13 bits per heavy atom. The van der Waals surface area contributed by atoms with Crippen molar-refractivity contribution < 1.29 is 14.3 Å². The molecule has 7 nitrogen and oxygen atoms in total. The minimum Gasteiger partial charge on any atom is -0.483 e. The quantitative estimate of drug-likeness (QED) is 0.717. The maximum Gasteiger partial charge on any atom is 0.257 e. The van der Waals surface area contributed by atoms with Crippen LogP contribution in [0, 0.1) is 12.3 Å². The first-order valence-electron chi connectivity index (χ1n) is 10.7. The number of carbonyl (C=O) groups is 2. The molecule has 1 saturated heterocycles. The zero-order valence-electron chi connectivity index (χ0n) is 17.8. The lowest BCUT2D eigenvalue weighted by molar-refractivity contribution is -0.123. The second-order valence-electron chi connectivity index (χ2n) is 8.40. The van der Waals surface area contributed by atoms with Crippen molar-refractivity contribution in [3.05, 3.63) is 65.8 Å². The van der Waals surface area contributed by atoms with E-state index >= 15 is 0 Å². The van der Waals surface area contributed by atoms with Crippen molar-refractivity contribution in [2.75, 3.05) is 26.2 Å². The van der Waals surface area contributed by atoms with Crippen molar-refractivity contribution in [1.82, 2.24) is 20.2 Å². The number of hydrogen-bond donors (Lipinski definition) is 1. The second kappa shape index (κ2) is 9.29. The summed E-state index contributed by atoms with van der Waals surface area (Å²) in [5.41, 5.74) is 2.07. The predicted molar refractivity (Wildman–Crippen MR) is 117 cm³/mol. The van der Waals surface area contributed by atoms with Crippen LogP contribution in [0.4, 0.5) is 0 Å². The molecule has 31 heavy (non-hydrogen) atoms. The van der Waals surface area contributed by atoms with Crippen LogP contribution in [-0.2, 0) is 11.2 Å². The number of fused-ring (bicyclic) bond motifs is 1. The van der Waals surface area contributed by atoms with Crippen LogP contribution in [0.3, 0.4) is 0 Å². The number of aromatic nitrogens is 2. The van der Waals surface area contributed by atoms with E-state index in [0.717, 1.165) is 37.0 Å². The Morgan fingerprint density at radius 1 is 1.26 bits per heavy atom. The van der Waals surface area contributed by atoms with Crippen molar-refractivity contribution in [3.8, 4) is 5.75 Å². The van der Waals surface area contributed by atoms with E-state index in [1.165, 1.54) is 6.33 Å². The molecule has 1 N–H and O–H groups in total. The van der Waals surface area contributed by atoms with Gasteiger partial charge in [-0.05, 0) is 44.2 Å². The second-order valence-corrected chi connectivity index (χ2v) is 8.40. The van der Waals surface area contributed by atoms with E-state index in [1.54, 1.807) is 6.20 Å². The first-order chi connectivity index (χ1) is 15.1. The number of carbonyl (C=O) groups excluding carboxylic acids is 2. The average Bonchev–Trinajstić information content (AvgIpc) is 2.79. The highest BCUT2D eigenvalue weighted by atomic mass is 16.5. The SMILES string of the molecule is Cc1ncncc1C(=O)N1CCC[C@]2(C/C=C/Cc3ccccc3OCC(=O)NC2)C1. The van der Waals surface area contributed by atoms with Gasteiger partial charge in [0.2, 0.25) is 0 Å². The van der Waals surface area contributed by atoms with Gasteiger partial charge in [0.15, 0.2) is 6.61 Å². The summed E-state index contributed by atoms with van der Waals surface area (Å²) in [6.45, 7) is 3.60. The van der Waals surface area contributed by atoms with Crippen LogP contribution >= 0.6 is 0 Å². The van der Waals surface area contributed by atoms with Crippen LogP contribution in [0.15, 0.2) is 48.9 Å². The summed E-state index contributed by atoms with van der Waals surface area (Å²) in [5.74, 6) is 0.554. The third-order valence-electron chi connectivity index (χ3n) is 6.14. The largest absolute Gasteiger partial charge is 0.483 e. The van der Waals surface area contributed by atoms with Crippen molar-refractivity contribution in [3.63, 3.8) is 0 Å².